The second kappa shape index (κ2) is 5.23. The van der Waals surface area contributed by atoms with Crippen molar-refractivity contribution in [2.45, 2.75) is 16.7 Å². The molecule has 2 aromatic carbocycles. The Morgan fingerprint density at radius 3 is 2.44 bits per heavy atom. The van der Waals surface area contributed by atoms with E-state index in [2.05, 4.69) is 0 Å². The van der Waals surface area contributed by atoms with E-state index in [0.29, 0.717) is 5.56 Å². The minimum absolute atomic E-state index is 0.0447. The predicted molar refractivity (Wildman–Crippen MR) is 72.7 cm³/mol. The third-order valence-corrected chi connectivity index (χ3v) is 3.79. The topological polar surface area (TPSA) is 49.9 Å². The van der Waals surface area contributed by atoms with Crippen LogP contribution in [0.4, 0.5) is 4.39 Å². The monoisotopic (exact) mass is 260 g/mol. The van der Waals surface area contributed by atoms with Gasteiger partial charge in [0.15, 0.2) is 0 Å². The Morgan fingerprint density at radius 2 is 1.83 bits per heavy atom. The van der Waals surface area contributed by atoms with Gasteiger partial charge in [0.2, 0.25) is 0 Å². The molecule has 18 heavy (non-hydrogen) atoms. The van der Waals surface area contributed by atoms with Crippen molar-refractivity contribution >= 4 is 17.6 Å². The van der Waals surface area contributed by atoms with Gasteiger partial charge in [0, 0.05) is 15.4 Å². The zero-order chi connectivity index (χ0) is 13.1. The van der Waals surface area contributed by atoms with Gasteiger partial charge in [-0.3, -0.25) is 5.41 Å². The first-order valence-electron chi connectivity index (χ1n) is 5.45. The van der Waals surface area contributed by atoms with Crippen molar-refractivity contribution in [1.82, 2.24) is 0 Å². The van der Waals surface area contributed by atoms with Crippen LogP contribution in [-0.4, -0.2) is 5.84 Å². The smallest absolute Gasteiger partial charge is 0.123 e. The molecule has 92 valence electrons. The molecule has 0 heterocycles. The molecule has 0 aliphatic carbocycles. The summed E-state index contributed by atoms with van der Waals surface area (Å²) in [5.74, 6) is -0.209. The number of nitrogens with one attached hydrogen (secondary N) is 1. The number of amidine groups is 1. The zero-order valence-corrected chi connectivity index (χ0v) is 10.7. The van der Waals surface area contributed by atoms with Gasteiger partial charge >= 0.3 is 0 Å². The molecule has 0 spiro atoms. The van der Waals surface area contributed by atoms with E-state index in [0.717, 1.165) is 15.4 Å². The van der Waals surface area contributed by atoms with Gasteiger partial charge in [-0.05, 0) is 36.8 Å². The van der Waals surface area contributed by atoms with Crippen molar-refractivity contribution in [2.75, 3.05) is 0 Å². The normalized spacial score (nSPS) is 10.3. The number of halogens is 1. The average molecular weight is 260 g/mol. The zero-order valence-electron chi connectivity index (χ0n) is 9.91. The second-order valence-electron chi connectivity index (χ2n) is 3.92. The molecule has 2 nitrogen and oxygen atoms in total. The lowest BCUT2D eigenvalue weighted by atomic mass is 10.1. The van der Waals surface area contributed by atoms with Crippen molar-refractivity contribution in [2.24, 2.45) is 5.73 Å². The van der Waals surface area contributed by atoms with E-state index in [1.165, 1.54) is 23.9 Å². The Kier molecular flexibility index (Phi) is 3.67. The molecule has 0 aromatic heterocycles. The summed E-state index contributed by atoms with van der Waals surface area (Å²) in [6.45, 7) is 1.97. The van der Waals surface area contributed by atoms with Crippen LogP contribution in [-0.2, 0) is 0 Å². The highest BCUT2D eigenvalue weighted by molar-refractivity contribution is 7.99. The molecule has 0 aliphatic heterocycles. The molecule has 2 rings (SSSR count). The Labute approximate surface area is 110 Å². The molecule has 3 N–H and O–H groups in total. The van der Waals surface area contributed by atoms with Gasteiger partial charge in [0.1, 0.15) is 11.7 Å². The summed E-state index contributed by atoms with van der Waals surface area (Å²) in [5, 5.41) is 7.58. The minimum Gasteiger partial charge on any atom is -0.384 e. The molecule has 2 aromatic rings. The van der Waals surface area contributed by atoms with Crippen molar-refractivity contribution in [1.29, 1.82) is 5.41 Å². The maximum Gasteiger partial charge on any atom is 0.123 e. The molecule has 0 atom stereocenters. The van der Waals surface area contributed by atoms with Crippen LogP contribution < -0.4 is 5.73 Å². The number of benzene rings is 2. The summed E-state index contributed by atoms with van der Waals surface area (Å²) in [4.78, 5) is 1.87. The molecule has 0 saturated heterocycles. The first kappa shape index (κ1) is 12.6. The van der Waals surface area contributed by atoms with Crippen LogP contribution in [0.3, 0.4) is 0 Å². The van der Waals surface area contributed by atoms with Crippen molar-refractivity contribution in [3.8, 4) is 0 Å². The first-order chi connectivity index (χ1) is 8.58. The second-order valence-corrected chi connectivity index (χ2v) is 5.01. The molecule has 0 radical (unpaired) electrons. The fourth-order valence-electron chi connectivity index (χ4n) is 1.62. The Morgan fingerprint density at radius 1 is 1.17 bits per heavy atom. The summed E-state index contributed by atoms with van der Waals surface area (Å²) in [5.41, 5.74) is 7.34. The highest BCUT2D eigenvalue weighted by Crippen LogP contribution is 2.33. The van der Waals surface area contributed by atoms with Crippen LogP contribution in [0.1, 0.15) is 11.1 Å². The molecule has 0 amide bonds. The standard InChI is InChI=1S/C14H13FN2S/c1-9-3-2-4-12(14(16)17)13(9)18-11-7-5-10(15)6-8-11/h2-8H,1H3,(H3,16,17). The largest absolute Gasteiger partial charge is 0.384 e. The number of nitrogen functional groups attached to an aromatic ring is 1. The molecule has 0 unspecified atom stereocenters. The Bertz CT molecular complexity index is 579. The van der Waals surface area contributed by atoms with Gasteiger partial charge < -0.3 is 5.73 Å². The summed E-state index contributed by atoms with van der Waals surface area (Å²) >= 11 is 1.49. The molecule has 0 fully saturated rings. The summed E-state index contributed by atoms with van der Waals surface area (Å²) < 4.78 is 12.8. The number of hydrogen-bond acceptors (Lipinski definition) is 2. The van der Waals surface area contributed by atoms with E-state index in [1.54, 1.807) is 12.1 Å². The molecule has 0 bridgehead atoms. The summed E-state index contributed by atoms with van der Waals surface area (Å²) in [6, 6.07) is 12.0. The highest BCUT2D eigenvalue weighted by atomic mass is 32.2. The number of nitrogens with two attached hydrogens (primary N) is 1. The van der Waals surface area contributed by atoms with E-state index in [-0.39, 0.29) is 11.7 Å². The van der Waals surface area contributed by atoms with Crippen molar-refractivity contribution < 1.29 is 4.39 Å². The molecule has 4 heteroatoms. The maximum atomic E-state index is 12.8. The maximum absolute atomic E-state index is 12.8. The van der Waals surface area contributed by atoms with Crippen LogP contribution in [0.5, 0.6) is 0 Å². The van der Waals surface area contributed by atoms with E-state index in [1.807, 2.05) is 25.1 Å². The van der Waals surface area contributed by atoms with Crippen LogP contribution >= 0.6 is 11.8 Å². The molecule has 0 saturated carbocycles. The Balaban J connectivity index is 2.39. The summed E-state index contributed by atoms with van der Waals surface area (Å²) in [6.07, 6.45) is 0. The molecular formula is C14H13FN2S. The van der Waals surface area contributed by atoms with Gasteiger partial charge in [0.25, 0.3) is 0 Å². The number of aryl methyl sites for hydroxylation is 1. The van der Waals surface area contributed by atoms with E-state index in [4.69, 9.17) is 11.1 Å². The third-order valence-electron chi connectivity index (χ3n) is 2.54. The van der Waals surface area contributed by atoms with Gasteiger partial charge in [-0.15, -0.1) is 0 Å². The lowest BCUT2D eigenvalue weighted by molar-refractivity contribution is 0.626. The third kappa shape index (κ3) is 2.71. The SMILES string of the molecule is Cc1cccc(C(=N)N)c1Sc1ccc(F)cc1. The average Bonchev–Trinajstić information content (AvgIpc) is 2.34. The van der Waals surface area contributed by atoms with Crippen LogP contribution in [0.15, 0.2) is 52.3 Å². The summed E-state index contributed by atoms with van der Waals surface area (Å²) in [7, 11) is 0. The number of hydrogen-bond donors (Lipinski definition) is 2. The van der Waals surface area contributed by atoms with Crippen LogP contribution in [0, 0.1) is 18.2 Å². The van der Waals surface area contributed by atoms with Gasteiger partial charge in [-0.25, -0.2) is 4.39 Å². The van der Waals surface area contributed by atoms with E-state index < -0.39 is 0 Å². The van der Waals surface area contributed by atoms with E-state index in [9.17, 15) is 4.39 Å². The lowest BCUT2D eigenvalue weighted by Crippen LogP contribution is -2.12. The first-order valence-corrected chi connectivity index (χ1v) is 6.27. The number of rotatable bonds is 3. The van der Waals surface area contributed by atoms with Gasteiger partial charge in [-0.2, -0.15) is 0 Å². The van der Waals surface area contributed by atoms with Crippen molar-refractivity contribution in [3.63, 3.8) is 0 Å². The van der Waals surface area contributed by atoms with Crippen molar-refractivity contribution in [3.05, 3.63) is 59.4 Å². The molecular weight excluding hydrogens is 247 g/mol. The van der Waals surface area contributed by atoms with Crippen LogP contribution in [0.2, 0.25) is 0 Å². The quantitative estimate of drug-likeness (QED) is 0.654. The molecule has 0 aliphatic rings. The van der Waals surface area contributed by atoms with Gasteiger partial charge in [0.05, 0.1) is 0 Å². The fraction of sp³-hybridized carbons (Fsp3) is 0.0714. The van der Waals surface area contributed by atoms with Gasteiger partial charge in [-0.1, -0.05) is 30.0 Å². The van der Waals surface area contributed by atoms with E-state index >= 15 is 0 Å². The Hall–Kier alpha value is -1.81. The predicted octanol–water partition coefficient (Wildman–Crippen LogP) is 3.57. The fourth-order valence-corrected chi connectivity index (χ4v) is 2.65. The minimum atomic E-state index is -0.254. The lowest BCUT2D eigenvalue weighted by Gasteiger charge is -2.10. The highest BCUT2D eigenvalue weighted by Gasteiger charge is 2.09. The van der Waals surface area contributed by atoms with Crippen LogP contribution in [0.25, 0.3) is 0 Å².